The van der Waals surface area contributed by atoms with E-state index in [1.807, 2.05) is 11.8 Å². The third-order valence-electron chi connectivity index (χ3n) is 5.33. The van der Waals surface area contributed by atoms with Crippen LogP contribution >= 0.6 is 0 Å². The van der Waals surface area contributed by atoms with Crippen molar-refractivity contribution in [2.24, 2.45) is 4.99 Å². The van der Waals surface area contributed by atoms with Gasteiger partial charge in [-0.25, -0.2) is 0 Å². The molecular formula is C23H44N2O. The molecule has 0 saturated heterocycles. The van der Waals surface area contributed by atoms with E-state index in [1.54, 1.807) is 0 Å². The van der Waals surface area contributed by atoms with Gasteiger partial charge in [-0.2, -0.15) is 0 Å². The summed E-state index contributed by atoms with van der Waals surface area (Å²) in [6.07, 6.45) is 24.3. The summed E-state index contributed by atoms with van der Waals surface area (Å²) >= 11 is 0. The van der Waals surface area contributed by atoms with Gasteiger partial charge in [0.2, 0.25) is 0 Å². The lowest BCUT2D eigenvalue weighted by atomic mass is 10.1. The minimum atomic E-state index is -0.389. The summed E-state index contributed by atoms with van der Waals surface area (Å²) in [4.78, 5) is 6.55. The fourth-order valence-electron chi connectivity index (χ4n) is 3.66. The zero-order chi connectivity index (χ0) is 18.9. The van der Waals surface area contributed by atoms with Gasteiger partial charge in [0.25, 0.3) is 0 Å². The number of unbranched alkanes of at least 4 members (excludes halogenated alkanes) is 12. The first-order chi connectivity index (χ1) is 12.8. The summed E-state index contributed by atoms with van der Waals surface area (Å²) in [5.41, 5.74) is 0. The lowest BCUT2D eigenvalue weighted by molar-refractivity contribution is 0.0766. The molecule has 0 bridgehead atoms. The van der Waals surface area contributed by atoms with Gasteiger partial charge in [-0.15, -0.1) is 0 Å². The molecule has 1 aliphatic heterocycles. The van der Waals surface area contributed by atoms with Crippen molar-refractivity contribution in [1.82, 2.24) is 4.90 Å². The molecule has 1 atom stereocenters. The highest BCUT2D eigenvalue weighted by Crippen LogP contribution is 2.13. The summed E-state index contributed by atoms with van der Waals surface area (Å²) in [5, 5.41) is 9.69. The van der Waals surface area contributed by atoms with Crippen LogP contribution in [0.2, 0.25) is 0 Å². The third-order valence-corrected chi connectivity index (χ3v) is 5.33. The number of amidine groups is 1. The first-order valence-corrected chi connectivity index (χ1v) is 11.4. The van der Waals surface area contributed by atoms with Gasteiger partial charge in [0.05, 0.1) is 6.54 Å². The summed E-state index contributed by atoms with van der Waals surface area (Å²) in [6, 6.07) is 0. The largest absolute Gasteiger partial charge is 0.374 e. The van der Waals surface area contributed by atoms with Crippen molar-refractivity contribution in [2.45, 2.75) is 116 Å². The molecule has 0 fully saturated rings. The first kappa shape index (κ1) is 23.2. The number of rotatable bonds is 17. The van der Waals surface area contributed by atoms with Crippen LogP contribution in [0.3, 0.4) is 0 Å². The average Bonchev–Trinajstić information content (AvgIpc) is 3.10. The maximum Gasteiger partial charge on any atom is 0.125 e. The number of aliphatic imine (C=N–C) groups is 1. The molecule has 0 amide bonds. The third kappa shape index (κ3) is 11.7. The second kappa shape index (κ2) is 16.4. The van der Waals surface area contributed by atoms with Gasteiger partial charge in [-0.05, 0) is 39.0 Å². The molecule has 3 nitrogen and oxygen atoms in total. The normalized spacial score (nSPS) is 15.8. The highest BCUT2D eigenvalue weighted by molar-refractivity contribution is 5.83. The highest BCUT2D eigenvalue weighted by atomic mass is 16.3. The van der Waals surface area contributed by atoms with E-state index >= 15 is 0 Å². The zero-order valence-electron chi connectivity index (χ0n) is 17.6. The summed E-state index contributed by atoms with van der Waals surface area (Å²) in [6.45, 7) is 5.85. The SMILES string of the molecule is CCCCCCCCCCC/C=C/CCCCCC1=NCCN1C(C)O. The van der Waals surface area contributed by atoms with Gasteiger partial charge < -0.3 is 10.0 Å². The number of aliphatic hydroxyl groups excluding tert-OH is 1. The summed E-state index contributed by atoms with van der Waals surface area (Å²) < 4.78 is 0. The van der Waals surface area contributed by atoms with Crippen molar-refractivity contribution in [1.29, 1.82) is 0 Å². The zero-order valence-corrected chi connectivity index (χ0v) is 17.6. The fourth-order valence-corrected chi connectivity index (χ4v) is 3.66. The smallest absolute Gasteiger partial charge is 0.125 e. The van der Waals surface area contributed by atoms with Crippen LogP contribution in [0.4, 0.5) is 0 Å². The van der Waals surface area contributed by atoms with Crippen LogP contribution in [0.15, 0.2) is 17.1 Å². The Hall–Kier alpha value is -0.830. The van der Waals surface area contributed by atoms with Crippen LogP contribution in [-0.4, -0.2) is 35.2 Å². The van der Waals surface area contributed by atoms with E-state index in [2.05, 4.69) is 24.1 Å². The van der Waals surface area contributed by atoms with Crippen LogP contribution in [-0.2, 0) is 0 Å². The Bertz CT molecular complexity index is 376. The lowest BCUT2D eigenvalue weighted by Crippen LogP contribution is -2.35. The number of nitrogens with zero attached hydrogens (tertiary/aromatic N) is 2. The van der Waals surface area contributed by atoms with Crippen LogP contribution in [0.25, 0.3) is 0 Å². The van der Waals surface area contributed by atoms with Crippen LogP contribution < -0.4 is 0 Å². The molecule has 3 heteroatoms. The molecule has 0 aliphatic carbocycles. The van der Waals surface area contributed by atoms with Gasteiger partial charge in [0.15, 0.2) is 0 Å². The van der Waals surface area contributed by atoms with Gasteiger partial charge in [-0.1, -0.05) is 76.9 Å². The van der Waals surface area contributed by atoms with E-state index < -0.39 is 0 Å². The second-order valence-electron chi connectivity index (χ2n) is 7.81. The van der Waals surface area contributed by atoms with Gasteiger partial charge >= 0.3 is 0 Å². The molecule has 0 aromatic carbocycles. The first-order valence-electron chi connectivity index (χ1n) is 11.4. The Labute approximate surface area is 163 Å². The predicted molar refractivity (Wildman–Crippen MR) is 115 cm³/mol. The molecule has 0 aromatic heterocycles. The van der Waals surface area contributed by atoms with Crippen LogP contribution in [0.5, 0.6) is 0 Å². The number of aliphatic hydroxyl groups is 1. The molecule has 0 aromatic rings. The minimum absolute atomic E-state index is 0.389. The van der Waals surface area contributed by atoms with E-state index in [0.29, 0.717) is 0 Å². The molecule has 0 radical (unpaired) electrons. The molecular weight excluding hydrogens is 320 g/mol. The molecule has 152 valence electrons. The van der Waals surface area contributed by atoms with E-state index in [0.717, 1.165) is 25.3 Å². The second-order valence-corrected chi connectivity index (χ2v) is 7.81. The topological polar surface area (TPSA) is 35.8 Å². The minimum Gasteiger partial charge on any atom is -0.374 e. The van der Waals surface area contributed by atoms with E-state index in [-0.39, 0.29) is 6.23 Å². The summed E-state index contributed by atoms with van der Waals surface area (Å²) in [7, 11) is 0. The van der Waals surface area contributed by atoms with Crippen molar-refractivity contribution < 1.29 is 5.11 Å². The van der Waals surface area contributed by atoms with Crippen LogP contribution in [0, 0.1) is 0 Å². The summed E-state index contributed by atoms with van der Waals surface area (Å²) in [5.74, 6) is 1.11. The Morgan fingerprint density at radius 1 is 0.885 bits per heavy atom. The Balaban J connectivity index is 1.82. The molecule has 0 saturated carbocycles. The Morgan fingerprint density at radius 2 is 1.42 bits per heavy atom. The molecule has 1 N–H and O–H groups in total. The standard InChI is InChI=1S/C23H44N2O/c1-3-4-5-6-7-8-9-10-11-12-13-14-15-16-17-18-19-23-24-20-21-25(23)22(2)26/h13-14,22,26H,3-12,15-21H2,1-2H3/b14-13+. The van der Waals surface area contributed by atoms with Gasteiger partial charge in [0.1, 0.15) is 12.1 Å². The van der Waals surface area contributed by atoms with Crippen molar-refractivity contribution >= 4 is 5.84 Å². The quantitative estimate of drug-likeness (QED) is 0.237. The molecule has 1 aliphatic rings. The maximum atomic E-state index is 9.69. The molecule has 1 unspecified atom stereocenters. The van der Waals surface area contributed by atoms with E-state index in [1.165, 1.54) is 89.9 Å². The van der Waals surface area contributed by atoms with Crippen LogP contribution in [0.1, 0.15) is 110 Å². The lowest BCUT2D eigenvalue weighted by Gasteiger charge is -2.23. The fraction of sp³-hybridized carbons (Fsp3) is 0.870. The Morgan fingerprint density at radius 3 is 2.00 bits per heavy atom. The van der Waals surface area contributed by atoms with Gasteiger partial charge in [0, 0.05) is 13.0 Å². The van der Waals surface area contributed by atoms with Crippen molar-refractivity contribution in [3.8, 4) is 0 Å². The predicted octanol–water partition coefficient (Wildman–Crippen LogP) is 6.47. The van der Waals surface area contributed by atoms with Gasteiger partial charge in [-0.3, -0.25) is 4.99 Å². The van der Waals surface area contributed by atoms with Crippen molar-refractivity contribution in [2.75, 3.05) is 13.1 Å². The molecule has 1 rings (SSSR count). The number of hydrogen-bond acceptors (Lipinski definition) is 3. The van der Waals surface area contributed by atoms with Crippen molar-refractivity contribution in [3.63, 3.8) is 0 Å². The molecule has 1 heterocycles. The molecule has 0 spiro atoms. The monoisotopic (exact) mass is 364 g/mol. The Kier molecular flexibility index (Phi) is 14.6. The van der Waals surface area contributed by atoms with Crippen molar-refractivity contribution in [3.05, 3.63) is 12.2 Å². The van der Waals surface area contributed by atoms with E-state index in [4.69, 9.17) is 0 Å². The van der Waals surface area contributed by atoms with E-state index in [9.17, 15) is 5.11 Å². The molecule has 26 heavy (non-hydrogen) atoms. The average molecular weight is 365 g/mol. The number of allylic oxidation sites excluding steroid dienone is 2. The maximum absolute atomic E-state index is 9.69. The highest BCUT2D eigenvalue weighted by Gasteiger charge is 2.19. The number of hydrogen-bond donors (Lipinski definition) is 1.